The van der Waals surface area contributed by atoms with Crippen LogP contribution in [0.2, 0.25) is 0 Å². The van der Waals surface area contributed by atoms with Gasteiger partial charge in [0.1, 0.15) is 11.5 Å². The number of ether oxygens (including phenoxy) is 1. The largest absolute Gasteiger partial charge is 0.507 e. The molecule has 0 spiro atoms. The molecule has 22 heavy (non-hydrogen) atoms. The van der Waals surface area contributed by atoms with E-state index in [1.54, 1.807) is 18.2 Å². The fourth-order valence-electron chi connectivity index (χ4n) is 2.15. The summed E-state index contributed by atoms with van der Waals surface area (Å²) in [4.78, 5) is 0. The number of aromatic hydroxyl groups is 1. The Morgan fingerprint density at radius 2 is 1.91 bits per heavy atom. The van der Waals surface area contributed by atoms with Crippen LogP contribution >= 0.6 is 0 Å². The summed E-state index contributed by atoms with van der Waals surface area (Å²) >= 11 is 0. The molecule has 0 aromatic heterocycles. The molecule has 2 rings (SSSR count). The molecule has 0 bridgehead atoms. The number of hydrogen-bond donors (Lipinski definition) is 2. The molecule has 0 atom stereocenters. The highest BCUT2D eigenvalue weighted by Crippen LogP contribution is 2.25. The quantitative estimate of drug-likeness (QED) is 0.352. The zero-order chi connectivity index (χ0) is 15.8. The molecule has 0 aliphatic rings. The topological polar surface area (TPSA) is 62.0 Å². The van der Waals surface area contributed by atoms with Crippen LogP contribution in [0.3, 0.4) is 0 Å². The number of unbranched alkanes of at least 4 members (excludes halogenated alkanes) is 1. The fourth-order valence-corrected chi connectivity index (χ4v) is 2.15. The molecular weight excluding hydrogens is 278 g/mol. The van der Waals surface area contributed by atoms with Crippen LogP contribution in [0.25, 0.3) is 0 Å². The summed E-state index contributed by atoms with van der Waals surface area (Å²) in [5, 5.41) is 22.7. The van der Waals surface area contributed by atoms with Gasteiger partial charge < -0.3 is 15.1 Å². The van der Waals surface area contributed by atoms with Gasteiger partial charge in [-0.2, -0.15) is 0 Å². The van der Waals surface area contributed by atoms with E-state index in [1.165, 1.54) is 0 Å². The zero-order valence-electron chi connectivity index (χ0n) is 12.7. The molecule has 2 N–H and O–H groups in total. The maximum absolute atomic E-state index is 10.2. The van der Waals surface area contributed by atoms with E-state index in [9.17, 15) is 10.3 Å². The standard InChI is InChI=1S/C18H21NO3/c1-2-3-11-22-15-9-10-16(18(20)13-15)17(19-21)12-14-7-5-4-6-8-14/h4-10,13,20-21H,2-3,11-12H2,1H3/b19-17-. The normalized spacial score (nSPS) is 11.4. The molecule has 2 aromatic carbocycles. The van der Waals surface area contributed by atoms with Gasteiger partial charge in [-0.05, 0) is 24.1 Å². The predicted octanol–water partition coefficient (Wildman–Crippen LogP) is 3.99. The number of nitrogens with zero attached hydrogens (tertiary/aromatic N) is 1. The van der Waals surface area contributed by atoms with Crippen LogP contribution in [0.1, 0.15) is 30.9 Å². The molecular formula is C18H21NO3. The molecule has 0 fully saturated rings. The third kappa shape index (κ3) is 4.25. The number of rotatable bonds is 7. The van der Waals surface area contributed by atoms with E-state index >= 15 is 0 Å². The van der Waals surface area contributed by atoms with E-state index in [0.29, 0.717) is 30.1 Å². The summed E-state index contributed by atoms with van der Waals surface area (Å²) in [6.07, 6.45) is 2.48. The molecule has 0 saturated heterocycles. The minimum absolute atomic E-state index is 0.0535. The van der Waals surface area contributed by atoms with Gasteiger partial charge in [-0.3, -0.25) is 0 Å². The predicted molar refractivity (Wildman–Crippen MR) is 87.0 cm³/mol. The molecule has 4 nitrogen and oxygen atoms in total. The fraction of sp³-hybridized carbons (Fsp3) is 0.278. The maximum atomic E-state index is 10.2. The van der Waals surface area contributed by atoms with Crippen molar-refractivity contribution in [2.75, 3.05) is 6.61 Å². The van der Waals surface area contributed by atoms with E-state index in [4.69, 9.17) is 4.74 Å². The minimum Gasteiger partial charge on any atom is -0.507 e. The van der Waals surface area contributed by atoms with E-state index in [0.717, 1.165) is 18.4 Å². The average molecular weight is 299 g/mol. The monoisotopic (exact) mass is 299 g/mol. The number of phenols is 1. The van der Waals surface area contributed by atoms with Gasteiger partial charge in [0.05, 0.1) is 12.3 Å². The van der Waals surface area contributed by atoms with Gasteiger partial charge in [0.2, 0.25) is 0 Å². The SMILES string of the molecule is CCCCOc1ccc(/C(Cc2ccccc2)=N\O)c(O)c1. The summed E-state index contributed by atoms with van der Waals surface area (Å²) in [6.45, 7) is 2.72. The Morgan fingerprint density at radius 3 is 2.55 bits per heavy atom. The van der Waals surface area contributed by atoms with Gasteiger partial charge in [-0.25, -0.2) is 0 Å². The number of phenolic OH excluding ortho intramolecular Hbond substituents is 1. The first-order chi connectivity index (χ1) is 10.7. The highest BCUT2D eigenvalue weighted by Gasteiger charge is 2.12. The lowest BCUT2D eigenvalue weighted by molar-refractivity contribution is 0.307. The Balaban J connectivity index is 2.13. The number of hydrogen-bond acceptors (Lipinski definition) is 4. The molecule has 0 aliphatic heterocycles. The smallest absolute Gasteiger partial charge is 0.128 e. The third-order valence-corrected chi connectivity index (χ3v) is 3.38. The third-order valence-electron chi connectivity index (χ3n) is 3.38. The summed E-state index contributed by atoms with van der Waals surface area (Å²) in [7, 11) is 0. The Morgan fingerprint density at radius 1 is 1.14 bits per heavy atom. The van der Waals surface area contributed by atoms with Gasteiger partial charge in [0.25, 0.3) is 0 Å². The Bertz CT molecular complexity index is 623. The number of oxime groups is 1. The summed E-state index contributed by atoms with van der Waals surface area (Å²) < 4.78 is 5.55. The average Bonchev–Trinajstić information content (AvgIpc) is 2.54. The molecule has 0 aliphatic carbocycles. The second-order valence-electron chi connectivity index (χ2n) is 5.09. The molecule has 0 unspecified atom stereocenters. The first-order valence-corrected chi connectivity index (χ1v) is 7.45. The summed E-state index contributed by atoms with van der Waals surface area (Å²) in [6, 6.07) is 14.7. The van der Waals surface area contributed by atoms with Crippen molar-refractivity contribution in [2.45, 2.75) is 26.2 Å². The van der Waals surface area contributed by atoms with Crippen LogP contribution in [0, 0.1) is 0 Å². The zero-order valence-corrected chi connectivity index (χ0v) is 12.7. The second-order valence-corrected chi connectivity index (χ2v) is 5.09. The van der Waals surface area contributed by atoms with Crippen molar-refractivity contribution in [3.05, 3.63) is 59.7 Å². The van der Waals surface area contributed by atoms with Crippen LogP contribution in [0.15, 0.2) is 53.7 Å². The van der Waals surface area contributed by atoms with Crippen molar-refractivity contribution in [3.8, 4) is 11.5 Å². The van der Waals surface area contributed by atoms with Crippen LogP contribution < -0.4 is 4.74 Å². The Hall–Kier alpha value is -2.49. The van der Waals surface area contributed by atoms with E-state index in [2.05, 4.69) is 12.1 Å². The van der Waals surface area contributed by atoms with E-state index in [-0.39, 0.29) is 5.75 Å². The molecule has 0 radical (unpaired) electrons. The van der Waals surface area contributed by atoms with Crippen molar-refractivity contribution in [3.63, 3.8) is 0 Å². The highest BCUT2D eigenvalue weighted by atomic mass is 16.5. The van der Waals surface area contributed by atoms with E-state index < -0.39 is 0 Å². The van der Waals surface area contributed by atoms with Crippen LogP contribution in [-0.4, -0.2) is 22.6 Å². The Kier molecular flexibility index (Phi) is 5.83. The van der Waals surface area contributed by atoms with Gasteiger partial charge in [-0.15, -0.1) is 0 Å². The first-order valence-electron chi connectivity index (χ1n) is 7.45. The lowest BCUT2D eigenvalue weighted by Gasteiger charge is -2.10. The van der Waals surface area contributed by atoms with Crippen molar-refractivity contribution >= 4 is 5.71 Å². The van der Waals surface area contributed by atoms with Gasteiger partial charge >= 0.3 is 0 Å². The summed E-state index contributed by atoms with van der Waals surface area (Å²) in [5.41, 5.74) is 1.94. The molecule has 116 valence electrons. The summed E-state index contributed by atoms with van der Waals surface area (Å²) in [5.74, 6) is 0.671. The lowest BCUT2D eigenvalue weighted by Crippen LogP contribution is -2.06. The van der Waals surface area contributed by atoms with Crippen molar-refractivity contribution in [1.82, 2.24) is 0 Å². The molecule has 2 aromatic rings. The van der Waals surface area contributed by atoms with Crippen molar-refractivity contribution in [2.24, 2.45) is 5.16 Å². The lowest BCUT2D eigenvalue weighted by atomic mass is 10.0. The minimum atomic E-state index is 0.0535. The van der Waals surface area contributed by atoms with Crippen LogP contribution in [-0.2, 0) is 6.42 Å². The van der Waals surface area contributed by atoms with Crippen molar-refractivity contribution < 1.29 is 15.1 Å². The molecule has 0 heterocycles. The Labute approximate surface area is 130 Å². The van der Waals surface area contributed by atoms with Gasteiger partial charge in [0, 0.05) is 18.1 Å². The van der Waals surface area contributed by atoms with Crippen LogP contribution in [0.5, 0.6) is 11.5 Å². The molecule has 0 saturated carbocycles. The van der Waals surface area contributed by atoms with Crippen molar-refractivity contribution in [1.29, 1.82) is 0 Å². The first kappa shape index (κ1) is 15.9. The number of benzene rings is 2. The second kappa shape index (κ2) is 8.08. The molecule has 4 heteroatoms. The van der Waals surface area contributed by atoms with Crippen LogP contribution in [0.4, 0.5) is 0 Å². The van der Waals surface area contributed by atoms with Gasteiger partial charge in [0.15, 0.2) is 0 Å². The maximum Gasteiger partial charge on any atom is 0.128 e. The van der Waals surface area contributed by atoms with Gasteiger partial charge in [-0.1, -0.05) is 48.8 Å². The highest BCUT2D eigenvalue weighted by molar-refractivity contribution is 6.03. The van der Waals surface area contributed by atoms with E-state index in [1.807, 2.05) is 30.3 Å². The molecule has 0 amide bonds.